The number of rotatable bonds is 6. The van der Waals surface area contributed by atoms with E-state index in [0.29, 0.717) is 17.9 Å². The summed E-state index contributed by atoms with van der Waals surface area (Å²) in [7, 11) is 0. The van der Waals surface area contributed by atoms with E-state index in [-0.39, 0.29) is 5.91 Å². The smallest absolute Gasteiger partial charge is 0.220 e. The van der Waals surface area contributed by atoms with E-state index in [9.17, 15) is 4.79 Å². The van der Waals surface area contributed by atoms with Gasteiger partial charge in [-0.1, -0.05) is 18.2 Å². The summed E-state index contributed by atoms with van der Waals surface area (Å²) in [5.41, 5.74) is 2.54. The number of nitrogens with zero attached hydrogens (tertiary/aromatic N) is 2. The van der Waals surface area contributed by atoms with Crippen LogP contribution >= 0.6 is 0 Å². The number of amides is 1. The summed E-state index contributed by atoms with van der Waals surface area (Å²) in [5.74, 6) is 2.97. The summed E-state index contributed by atoms with van der Waals surface area (Å²) in [6, 6.07) is 10.4. The summed E-state index contributed by atoms with van der Waals surface area (Å²) in [4.78, 5) is 12.7. The van der Waals surface area contributed by atoms with Crippen LogP contribution in [0.3, 0.4) is 0 Å². The van der Waals surface area contributed by atoms with Crippen LogP contribution in [0.5, 0.6) is 0 Å². The maximum atomic E-state index is 12.7. The second-order valence-corrected chi connectivity index (χ2v) is 9.70. The second-order valence-electron chi connectivity index (χ2n) is 9.70. The molecule has 0 saturated heterocycles. The zero-order valence-electron chi connectivity index (χ0n) is 16.8. The van der Waals surface area contributed by atoms with Crippen molar-refractivity contribution in [3.8, 4) is 5.69 Å². The number of para-hydroxylation sites is 1. The number of nitrogens with one attached hydrogen (secondary N) is 1. The zero-order chi connectivity index (χ0) is 19.1. The number of aryl methyl sites for hydroxylation is 1. The number of benzene rings is 1. The molecule has 4 saturated carbocycles. The molecule has 4 nitrogen and oxygen atoms in total. The third kappa shape index (κ3) is 3.38. The molecule has 0 spiro atoms. The Bertz CT molecular complexity index is 805. The van der Waals surface area contributed by atoms with Gasteiger partial charge < -0.3 is 5.32 Å². The van der Waals surface area contributed by atoms with Crippen molar-refractivity contribution in [3.05, 3.63) is 48.3 Å². The molecule has 28 heavy (non-hydrogen) atoms. The molecular weight excluding hydrogens is 346 g/mol. The first-order valence-corrected chi connectivity index (χ1v) is 11.0. The zero-order valence-corrected chi connectivity index (χ0v) is 16.8. The molecule has 2 aromatic rings. The normalized spacial score (nSPS) is 31.7. The molecule has 1 N–H and O–H groups in total. The van der Waals surface area contributed by atoms with Gasteiger partial charge in [0, 0.05) is 18.7 Å². The van der Waals surface area contributed by atoms with Crippen LogP contribution in [-0.4, -0.2) is 21.7 Å². The molecule has 4 bridgehead atoms. The highest BCUT2D eigenvalue weighted by Crippen LogP contribution is 2.61. The van der Waals surface area contributed by atoms with Gasteiger partial charge in [0.1, 0.15) is 0 Å². The van der Waals surface area contributed by atoms with E-state index in [0.717, 1.165) is 35.4 Å². The van der Waals surface area contributed by atoms with E-state index in [2.05, 4.69) is 17.3 Å². The Morgan fingerprint density at radius 1 is 1.14 bits per heavy atom. The minimum Gasteiger partial charge on any atom is -0.353 e. The number of hydrogen-bond acceptors (Lipinski definition) is 2. The summed E-state index contributed by atoms with van der Waals surface area (Å²) in [5, 5.41) is 7.82. The Morgan fingerprint density at radius 3 is 2.43 bits per heavy atom. The van der Waals surface area contributed by atoms with Gasteiger partial charge in [-0.25, -0.2) is 4.68 Å². The molecule has 4 aliphatic rings. The number of carbonyl (C=O) groups is 1. The average Bonchev–Trinajstić information content (AvgIpc) is 3.15. The fraction of sp³-hybridized carbons (Fsp3) is 0.583. The van der Waals surface area contributed by atoms with E-state index in [4.69, 9.17) is 0 Å². The second kappa shape index (κ2) is 7.06. The molecule has 4 fully saturated rings. The maximum absolute atomic E-state index is 12.7. The largest absolute Gasteiger partial charge is 0.353 e. The quantitative estimate of drug-likeness (QED) is 0.804. The molecule has 148 valence electrons. The summed E-state index contributed by atoms with van der Waals surface area (Å²) in [6.07, 6.45) is 13.6. The lowest BCUT2D eigenvalue weighted by atomic mass is 9.48. The molecule has 4 heteroatoms. The molecule has 6 rings (SSSR count). The topological polar surface area (TPSA) is 46.9 Å². The van der Waals surface area contributed by atoms with Gasteiger partial charge in [-0.2, -0.15) is 5.10 Å². The fourth-order valence-corrected chi connectivity index (χ4v) is 6.64. The van der Waals surface area contributed by atoms with Crippen LogP contribution in [0.2, 0.25) is 0 Å². The highest BCUT2D eigenvalue weighted by Gasteiger charge is 2.53. The molecule has 1 heterocycles. The van der Waals surface area contributed by atoms with E-state index in [1.54, 1.807) is 0 Å². The number of carbonyl (C=O) groups excluding carboxylic acids is 1. The van der Waals surface area contributed by atoms with Gasteiger partial charge in [0.05, 0.1) is 11.9 Å². The average molecular weight is 378 g/mol. The van der Waals surface area contributed by atoms with Crippen LogP contribution in [0.25, 0.3) is 5.69 Å². The molecule has 0 radical (unpaired) electrons. The van der Waals surface area contributed by atoms with Crippen LogP contribution in [-0.2, 0) is 11.2 Å². The van der Waals surface area contributed by atoms with Crippen LogP contribution in [0.15, 0.2) is 42.7 Å². The Hall–Kier alpha value is -2.10. The van der Waals surface area contributed by atoms with Crippen LogP contribution in [0, 0.1) is 23.2 Å². The summed E-state index contributed by atoms with van der Waals surface area (Å²) < 4.78 is 1.88. The summed E-state index contributed by atoms with van der Waals surface area (Å²) in [6.45, 7) is 2.26. The molecule has 1 amide bonds. The number of hydrogen-bond donors (Lipinski definition) is 1. The molecule has 0 unspecified atom stereocenters. The molecular formula is C24H31N3O. The lowest BCUT2D eigenvalue weighted by Crippen LogP contribution is -2.55. The first-order valence-electron chi connectivity index (χ1n) is 11.0. The molecule has 1 atom stereocenters. The first kappa shape index (κ1) is 18.0. The Labute approximate surface area is 167 Å². The highest BCUT2D eigenvalue weighted by molar-refractivity contribution is 5.76. The number of aromatic nitrogens is 2. The standard InChI is InChI=1S/C24H31N3O/c1-17(24-12-19-9-20(13-24)11-21(10-19)14-24)26-23(28)8-7-18-15-25-27(16-18)22-5-3-2-4-6-22/h2-6,15-17,19-21H,7-14H2,1H3,(H,26,28)/t17-,19?,20?,21?,24?/m1/s1. The van der Waals surface area contributed by atoms with Gasteiger partial charge in [-0.3, -0.25) is 4.79 Å². The molecule has 0 aliphatic heterocycles. The van der Waals surface area contributed by atoms with Gasteiger partial charge in [-0.05, 0) is 92.7 Å². The lowest BCUT2D eigenvalue weighted by Gasteiger charge is -2.59. The van der Waals surface area contributed by atoms with E-state index < -0.39 is 0 Å². The third-order valence-electron chi connectivity index (χ3n) is 7.68. The van der Waals surface area contributed by atoms with Gasteiger partial charge in [0.2, 0.25) is 5.91 Å². The van der Waals surface area contributed by atoms with Crippen molar-refractivity contribution in [2.24, 2.45) is 23.2 Å². The summed E-state index contributed by atoms with van der Waals surface area (Å²) >= 11 is 0. The van der Waals surface area contributed by atoms with Crippen LogP contribution in [0.1, 0.15) is 57.4 Å². The van der Waals surface area contributed by atoms with Gasteiger partial charge in [0.15, 0.2) is 0 Å². The molecule has 4 aliphatic carbocycles. The van der Waals surface area contributed by atoms with E-state index in [1.165, 1.54) is 38.5 Å². The van der Waals surface area contributed by atoms with Crippen molar-refractivity contribution in [2.75, 3.05) is 0 Å². The predicted molar refractivity (Wildman–Crippen MR) is 110 cm³/mol. The predicted octanol–water partition coefficient (Wildman–Crippen LogP) is 4.53. The van der Waals surface area contributed by atoms with Crippen molar-refractivity contribution in [1.82, 2.24) is 15.1 Å². The van der Waals surface area contributed by atoms with Crippen molar-refractivity contribution < 1.29 is 4.79 Å². The van der Waals surface area contributed by atoms with Gasteiger partial charge in [0.25, 0.3) is 0 Å². The monoisotopic (exact) mass is 377 g/mol. The maximum Gasteiger partial charge on any atom is 0.220 e. The molecule has 1 aromatic heterocycles. The van der Waals surface area contributed by atoms with E-state index >= 15 is 0 Å². The van der Waals surface area contributed by atoms with E-state index in [1.807, 2.05) is 47.4 Å². The van der Waals surface area contributed by atoms with Crippen molar-refractivity contribution >= 4 is 5.91 Å². The SMILES string of the molecule is C[C@@H](NC(=O)CCc1cnn(-c2ccccc2)c1)C12CC3CC(CC(C3)C1)C2. The van der Waals surface area contributed by atoms with Crippen molar-refractivity contribution in [1.29, 1.82) is 0 Å². The third-order valence-corrected chi connectivity index (χ3v) is 7.68. The lowest BCUT2D eigenvalue weighted by molar-refractivity contribution is -0.125. The van der Waals surface area contributed by atoms with Crippen LogP contribution < -0.4 is 5.32 Å². The van der Waals surface area contributed by atoms with Crippen molar-refractivity contribution in [2.45, 2.75) is 64.3 Å². The first-order chi connectivity index (χ1) is 13.6. The minimum absolute atomic E-state index is 0.190. The van der Waals surface area contributed by atoms with Crippen LogP contribution in [0.4, 0.5) is 0 Å². The Kier molecular flexibility index (Phi) is 4.53. The minimum atomic E-state index is 0.190. The van der Waals surface area contributed by atoms with Gasteiger partial charge in [-0.15, -0.1) is 0 Å². The highest BCUT2D eigenvalue weighted by atomic mass is 16.1. The van der Waals surface area contributed by atoms with Crippen molar-refractivity contribution in [3.63, 3.8) is 0 Å². The Balaban J connectivity index is 1.17. The van der Waals surface area contributed by atoms with Gasteiger partial charge >= 0.3 is 0 Å². The fourth-order valence-electron chi connectivity index (χ4n) is 6.64. The molecule has 1 aromatic carbocycles. The Morgan fingerprint density at radius 2 is 1.79 bits per heavy atom.